The van der Waals surface area contributed by atoms with Crippen molar-refractivity contribution in [3.8, 4) is 0 Å². The minimum atomic E-state index is -0.583. The maximum absolute atomic E-state index is 13.2. The molecule has 1 N–H and O–H groups in total. The molecule has 3 aromatic rings. The number of amides is 2. The Kier molecular flexibility index (Phi) is 4.47. The van der Waals surface area contributed by atoms with Gasteiger partial charge in [-0.05, 0) is 37.1 Å². The van der Waals surface area contributed by atoms with Crippen LogP contribution in [-0.4, -0.2) is 58.9 Å². The predicted molar refractivity (Wildman–Crippen MR) is 118 cm³/mol. The predicted octanol–water partition coefficient (Wildman–Crippen LogP) is 3.73. The van der Waals surface area contributed by atoms with Crippen LogP contribution in [0.3, 0.4) is 0 Å². The molecule has 0 saturated carbocycles. The second-order valence-corrected chi connectivity index (χ2v) is 8.56. The molecule has 0 unspecified atom stereocenters. The van der Waals surface area contributed by atoms with Gasteiger partial charge in [-0.3, -0.25) is 9.59 Å². The van der Waals surface area contributed by atoms with Crippen molar-refractivity contribution in [1.29, 1.82) is 0 Å². The lowest BCUT2D eigenvalue weighted by Gasteiger charge is -2.43. The third-order valence-corrected chi connectivity index (χ3v) is 6.67. The van der Waals surface area contributed by atoms with E-state index in [0.29, 0.717) is 43.2 Å². The third kappa shape index (κ3) is 2.86. The number of anilines is 1. The summed E-state index contributed by atoms with van der Waals surface area (Å²) in [7, 11) is 1.85. The number of likely N-dealkylation sites (tertiary alicyclic amines) is 1. The van der Waals surface area contributed by atoms with Gasteiger partial charge in [-0.2, -0.15) is 0 Å². The quantitative estimate of drug-likeness (QED) is 0.684. The van der Waals surface area contributed by atoms with Crippen LogP contribution in [0.5, 0.6) is 0 Å². The van der Waals surface area contributed by atoms with E-state index in [0.717, 1.165) is 16.6 Å². The molecule has 1 aromatic heterocycles. The normalized spacial score (nSPS) is 18.6. The number of nitrogens with zero attached hydrogens (tertiary/aromatic N) is 3. The first kappa shape index (κ1) is 19.0. The van der Waals surface area contributed by atoms with Gasteiger partial charge in [-0.1, -0.05) is 35.9 Å². The van der Waals surface area contributed by atoms with Crippen LogP contribution in [0, 0.1) is 0 Å². The maximum atomic E-state index is 13.2. The van der Waals surface area contributed by atoms with Gasteiger partial charge in [0.05, 0.1) is 12.2 Å². The Bertz CT molecular complexity index is 1120. The lowest BCUT2D eigenvalue weighted by molar-refractivity contribution is -0.132. The Balaban J connectivity index is 1.39. The Hall–Kier alpha value is -2.99. The van der Waals surface area contributed by atoms with E-state index in [-0.39, 0.29) is 11.8 Å². The largest absolute Gasteiger partial charge is 0.360 e. The van der Waals surface area contributed by atoms with E-state index in [4.69, 9.17) is 11.6 Å². The molecule has 0 atom stereocenters. The van der Waals surface area contributed by atoms with Crippen molar-refractivity contribution in [2.45, 2.75) is 18.4 Å². The number of carbonyl (C=O) groups excluding carboxylic acids is 2. The number of aromatic nitrogens is 1. The zero-order valence-electron chi connectivity index (χ0n) is 16.8. The Labute approximate surface area is 180 Å². The minimum Gasteiger partial charge on any atom is -0.360 e. The number of carbonyl (C=O) groups is 2. The summed E-state index contributed by atoms with van der Waals surface area (Å²) in [5.41, 5.74) is 1.96. The molecule has 3 heterocycles. The molecule has 2 aliphatic rings. The standard InChI is InChI=1S/C23H23ClN4O2/c1-26-15-28(17-5-3-2-4-6-17)23(22(26)30)9-11-27(12-10-23)21(29)19-14-25-20-13-16(24)7-8-18(19)20/h2-8,13-14,25H,9-12,15H2,1H3. The van der Waals surface area contributed by atoms with Gasteiger partial charge in [0.15, 0.2) is 0 Å². The van der Waals surface area contributed by atoms with Crippen molar-refractivity contribution in [3.05, 3.63) is 65.3 Å². The van der Waals surface area contributed by atoms with Crippen molar-refractivity contribution in [3.63, 3.8) is 0 Å². The average molecular weight is 423 g/mol. The molecule has 2 aliphatic heterocycles. The third-order valence-electron chi connectivity index (χ3n) is 6.43. The summed E-state index contributed by atoms with van der Waals surface area (Å²) in [6, 6.07) is 15.5. The van der Waals surface area contributed by atoms with E-state index in [2.05, 4.69) is 9.88 Å². The molecule has 2 saturated heterocycles. The van der Waals surface area contributed by atoms with E-state index in [9.17, 15) is 9.59 Å². The molecule has 6 nitrogen and oxygen atoms in total. The molecule has 0 aliphatic carbocycles. The first-order valence-corrected chi connectivity index (χ1v) is 10.5. The van der Waals surface area contributed by atoms with Gasteiger partial charge in [0.1, 0.15) is 5.54 Å². The number of hydrogen-bond acceptors (Lipinski definition) is 3. The molecular weight excluding hydrogens is 400 g/mol. The van der Waals surface area contributed by atoms with E-state index in [1.54, 1.807) is 17.2 Å². The van der Waals surface area contributed by atoms with Crippen molar-refractivity contribution >= 4 is 40.0 Å². The number of hydrogen-bond donors (Lipinski definition) is 1. The smallest absolute Gasteiger partial charge is 0.256 e. The fourth-order valence-electron chi connectivity index (χ4n) is 4.83. The number of para-hydroxylation sites is 1. The van der Waals surface area contributed by atoms with Crippen molar-refractivity contribution < 1.29 is 9.59 Å². The average Bonchev–Trinajstić information content (AvgIpc) is 3.29. The number of nitrogens with one attached hydrogen (secondary N) is 1. The maximum Gasteiger partial charge on any atom is 0.256 e. The molecular formula is C23H23ClN4O2. The van der Waals surface area contributed by atoms with Crippen LogP contribution in [0.1, 0.15) is 23.2 Å². The van der Waals surface area contributed by atoms with Gasteiger partial charge in [-0.15, -0.1) is 0 Å². The summed E-state index contributed by atoms with van der Waals surface area (Å²) < 4.78 is 0. The van der Waals surface area contributed by atoms with Gasteiger partial charge >= 0.3 is 0 Å². The van der Waals surface area contributed by atoms with E-state index < -0.39 is 5.54 Å². The molecule has 0 bridgehead atoms. The number of piperidine rings is 1. The summed E-state index contributed by atoms with van der Waals surface area (Å²) in [5, 5.41) is 1.50. The highest BCUT2D eigenvalue weighted by atomic mass is 35.5. The first-order valence-electron chi connectivity index (χ1n) is 10.1. The summed E-state index contributed by atoms with van der Waals surface area (Å²) in [6.07, 6.45) is 2.98. The topological polar surface area (TPSA) is 59.6 Å². The molecule has 0 radical (unpaired) electrons. The number of fused-ring (bicyclic) bond motifs is 1. The van der Waals surface area contributed by atoms with Crippen molar-refractivity contribution in [1.82, 2.24) is 14.8 Å². The van der Waals surface area contributed by atoms with Gasteiger partial charge in [0.2, 0.25) is 5.91 Å². The Morgan fingerprint density at radius 3 is 2.57 bits per heavy atom. The molecule has 7 heteroatoms. The van der Waals surface area contributed by atoms with E-state index >= 15 is 0 Å². The van der Waals surface area contributed by atoms with Crippen LogP contribution in [0.25, 0.3) is 10.9 Å². The zero-order valence-corrected chi connectivity index (χ0v) is 17.5. The summed E-state index contributed by atoms with van der Waals surface area (Å²) >= 11 is 6.06. The highest BCUT2D eigenvalue weighted by Gasteiger charge is 2.53. The van der Waals surface area contributed by atoms with Crippen LogP contribution in [0.15, 0.2) is 54.7 Å². The molecule has 2 amide bonds. The Morgan fingerprint density at radius 1 is 1.10 bits per heavy atom. The zero-order chi connectivity index (χ0) is 20.9. The van der Waals surface area contributed by atoms with Crippen molar-refractivity contribution in [2.24, 2.45) is 0 Å². The number of likely N-dealkylation sites (N-methyl/N-ethyl adjacent to an activating group) is 1. The van der Waals surface area contributed by atoms with Gasteiger partial charge in [-0.25, -0.2) is 0 Å². The summed E-state index contributed by atoms with van der Waals surface area (Å²) in [5.74, 6) is 0.128. The molecule has 154 valence electrons. The monoisotopic (exact) mass is 422 g/mol. The van der Waals surface area contributed by atoms with Crippen molar-refractivity contribution in [2.75, 3.05) is 31.7 Å². The molecule has 30 heavy (non-hydrogen) atoms. The van der Waals surface area contributed by atoms with Gasteiger partial charge in [0, 0.05) is 47.9 Å². The first-order chi connectivity index (χ1) is 14.5. The van der Waals surface area contributed by atoms with Crippen LogP contribution in [0.2, 0.25) is 5.02 Å². The fourth-order valence-corrected chi connectivity index (χ4v) is 5.00. The lowest BCUT2D eigenvalue weighted by atomic mass is 9.85. The number of rotatable bonds is 2. The van der Waals surface area contributed by atoms with Crippen LogP contribution in [-0.2, 0) is 4.79 Å². The van der Waals surface area contributed by atoms with Crippen LogP contribution >= 0.6 is 11.6 Å². The second-order valence-electron chi connectivity index (χ2n) is 8.12. The summed E-state index contributed by atoms with van der Waals surface area (Å²) in [4.78, 5) is 35.3. The number of benzene rings is 2. The number of H-pyrrole nitrogens is 1. The van der Waals surface area contributed by atoms with Gasteiger partial charge in [0.25, 0.3) is 5.91 Å². The van der Waals surface area contributed by atoms with E-state index in [1.807, 2.05) is 54.4 Å². The molecule has 2 fully saturated rings. The lowest BCUT2D eigenvalue weighted by Crippen LogP contribution is -2.57. The fraction of sp³-hybridized carbons (Fsp3) is 0.304. The SMILES string of the molecule is CN1CN(c2ccccc2)C2(CCN(C(=O)c3c[nH]c4cc(Cl)ccc34)CC2)C1=O. The Morgan fingerprint density at radius 2 is 1.83 bits per heavy atom. The van der Waals surface area contributed by atoms with Gasteiger partial charge < -0.3 is 19.7 Å². The molecule has 1 spiro atoms. The number of halogens is 1. The summed E-state index contributed by atoms with van der Waals surface area (Å²) in [6.45, 7) is 1.66. The second kappa shape index (κ2) is 7.06. The molecule has 5 rings (SSSR count). The highest BCUT2D eigenvalue weighted by Crippen LogP contribution is 2.39. The van der Waals surface area contributed by atoms with E-state index in [1.165, 1.54) is 0 Å². The highest BCUT2D eigenvalue weighted by molar-refractivity contribution is 6.31. The molecule has 2 aromatic carbocycles. The van der Waals surface area contributed by atoms with Crippen LogP contribution < -0.4 is 4.90 Å². The van der Waals surface area contributed by atoms with Crippen LogP contribution in [0.4, 0.5) is 5.69 Å². The number of aromatic amines is 1. The minimum absolute atomic E-state index is 0.0107.